The summed E-state index contributed by atoms with van der Waals surface area (Å²) in [6, 6.07) is 8.38. The van der Waals surface area contributed by atoms with E-state index < -0.39 is 0 Å². The number of fused-ring (bicyclic) bond motifs is 1. The SMILES string of the molecule is Cc1cccc(-c2c(C)nn3c(C)c(C(=O)N4CCCCCC4)cnc23)c1. The summed E-state index contributed by atoms with van der Waals surface area (Å²) in [7, 11) is 0. The molecule has 0 bridgehead atoms. The van der Waals surface area contributed by atoms with Crippen LogP contribution >= 0.6 is 0 Å². The lowest BCUT2D eigenvalue weighted by molar-refractivity contribution is 0.0759. The van der Waals surface area contributed by atoms with Gasteiger partial charge in [-0.25, -0.2) is 9.50 Å². The molecule has 1 saturated heterocycles. The van der Waals surface area contributed by atoms with E-state index in [0.717, 1.165) is 54.1 Å². The minimum Gasteiger partial charge on any atom is -0.339 e. The molecule has 0 aliphatic carbocycles. The summed E-state index contributed by atoms with van der Waals surface area (Å²) in [4.78, 5) is 19.7. The van der Waals surface area contributed by atoms with Crippen molar-refractivity contribution in [3.05, 3.63) is 53.0 Å². The molecule has 0 atom stereocenters. The average Bonchev–Trinajstić information content (AvgIpc) is 2.82. The van der Waals surface area contributed by atoms with Gasteiger partial charge in [-0.05, 0) is 39.2 Å². The van der Waals surface area contributed by atoms with Gasteiger partial charge in [0.1, 0.15) is 0 Å². The quantitative estimate of drug-likeness (QED) is 0.681. The molecule has 0 N–H and O–H groups in total. The molecule has 27 heavy (non-hydrogen) atoms. The number of aryl methyl sites for hydroxylation is 3. The van der Waals surface area contributed by atoms with Crippen molar-refractivity contribution in [2.24, 2.45) is 0 Å². The van der Waals surface area contributed by atoms with Crippen LogP contribution in [0.2, 0.25) is 0 Å². The largest absolute Gasteiger partial charge is 0.339 e. The van der Waals surface area contributed by atoms with E-state index in [1.807, 2.05) is 23.3 Å². The molecule has 1 aliphatic heterocycles. The molecule has 0 radical (unpaired) electrons. The van der Waals surface area contributed by atoms with Gasteiger partial charge in [0.05, 0.1) is 17.0 Å². The minimum absolute atomic E-state index is 0.0778. The number of likely N-dealkylation sites (tertiary alicyclic amines) is 1. The molecule has 2 aromatic heterocycles. The molecule has 4 rings (SSSR count). The molecule has 5 heteroatoms. The summed E-state index contributed by atoms with van der Waals surface area (Å²) < 4.78 is 1.83. The Morgan fingerprint density at radius 1 is 1.04 bits per heavy atom. The second-order valence-electron chi connectivity index (χ2n) is 7.53. The molecule has 1 aliphatic rings. The number of amides is 1. The third-order valence-electron chi connectivity index (χ3n) is 5.49. The smallest absolute Gasteiger partial charge is 0.257 e. The van der Waals surface area contributed by atoms with Gasteiger partial charge in [-0.15, -0.1) is 0 Å². The maximum Gasteiger partial charge on any atom is 0.257 e. The highest BCUT2D eigenvalue weighted by atomic mass is 16.2. The maximum absolute atomic E-state index is 13.1. The molecule has 0 spiro atoms. The van der Waals surface area contributed by atoms with E-state index in [-0.39, 0.29) is 5.91 Å². The van der Waals surface area contributed by atoms with E-state index in [9.17, 15) is 4.79 Å². The van der Waals surface area contributed by atoms with E-state index in [1.165, 1.54) is 18.4 Å². The lowest BCUT2D eigenvalue weighted by Gasteiger charge is -2.21. The van der Waals surface area contributed by atoms with Crippen molar-refractivity contribution >= 4 is 11.6 Å². The van der Waals surface area contributed by atoms with Crippen molar-refractivity contribution in [1.82, 2.24) is 19.5 Å². The molecule has 3 aromatic rings. The maximum atomic E-state index is 13.1. The first-order valence-corrected chi connectivity index (χ1v) is 9.77. The van der Waals surface area contributed by atoms with Gasteiger partial charge < -0.3 is 4.90 Å². The van der Waals surface area contributed by atoms with Crippen LogP contribution in [0.5, 0.6) is 0 Å². The van der Waals surface area contributed by atoms with Crippen molar-refractivity contribution in [3.63, 3.8) is 0 Å². The number of benzene rings is 1. The Hall–Kier alpha value is -2.69. The Balaban J connectivity index is 1.78. The monoisotopic (exact) mass is 362 g/mol. The van der Waals surface area contributed by atoms with Crippen LogP contribution in [0.4, 0.5) is 0 Å². The summed E-state index contributed by atoms with van der Waals surface area (Å²) in [5.41, 5.74) is 6.60. The third kappa shape index (κ3) is 3.22. The van der Waals surface area contributed by atoms with Crippen LogP contribution in [0.1, 0.15) is 53.0 Å². The predicted molar refractivity (Wildman–Crippen MR) is 107 cm³/mol. The third-order valence-corrected chi connectivity index (χ3v) is 5.49. The highest BCUT2D eigenvalue weighted by Crippen LogP contribution is 2.29. The zero-order chi connectivity index (χ0) is 19.0. The van der Waals surface area contributed by atoms with Crippen molar-refractivity contribution in [2.75, 3.05) is 13.1 Å². The van der Waals surface area contributed by atoms with Crippen molar-refractivity contribution in [3.8, 4) is 11.1 Å². The summed E-state index contributed by atoms with van der Waals surface area (Å²) >= 11 is 0. The summed E-state index contributed by atoms with van der Waals surface area (Å²) in [6.07, 6.45) is 6.31. The first-order valence-electron chi connectivity index (χ1n) is 9.77. The Kier molecular flexibility index (Phi) is 4.68. The molecule has 1 aromatic carbocycles. The van der Waals surface area contributed by atoms with E-state index in [1.54, 1.807) is 6.20 Å². The van der Waals surface area contributed by atoms with Gasteiger partial charge in [-0.3, -0.25) is 4.79 Å². The van der Waals surface area contributed by atoms with Gasteiger partial charge in [0, 0.05) is 24.8 Å². The number of hydrogen-bond donors (Lipinski definition) is 0. The summed E-state index contributed by atoms with van der Waals surface area (Å²) in [6.45, 7) is 7.72. The Labute approximate surface area is 160 Å². The van der Waals surface area contributed by atoms with E-state index in [0.29, 0.717) is 5.56 Å². The molecule has 0 saturated carbocycles. The molecule has 1 fully saturated rings. The Morgan fingerprint density at radius 3 is 2.48 bits per heavy atom. The van der Waals surface area contributed by atoms with Gasteiger partial charge in [-0.2, -0.15) is 5.10 Å². The Morgan fingerprint density at radius 2 is 1.78 bits per heavy atom. The van der Waals surface area contributed by atoms with Gasteiger partial charge in [0.2, 0.25) is 0 Å². The van der Waals surface area contributed by atoms with E-state index in [4.69, 9.17) is 5.10 Å². The van der Waals surface area contributed by atoms with Gasteiger partial charge in [-0.1, -0.05) is 42.7 Å². The number of nitrogens with zero attached hydrogens (tertiary/aromatic N) is 4. The second-order valence-corrected chi connectivity index (χ2v) is 7.53. The van der Waals surface area contributed by atoms with Crippen LogP contribution in [0.3, 0.4) is 0 Å². The van der Waals surface area contributed by atoms with Crippen LogP contribution in [0.15, 0.2) is 30.5 Å². The fraction of sp³-hybridized carbons (Fsp3) is 0.409. The highest BCUT2D eigenvalue weighted by molar-refractivity contribution is 5.95. The minimum atomic E-state index is 0.0778. The lowest BCUT2D eigenvalue weighted by Crippen LogP contribution is -2.32. The molecule has 0 unspecified atom stereocenters. The van der Waals surface area contributed by atoms with Crippen molar-refractivity contribution < 1.29 is 4.79 Å². The van der Waals surface area contributed by atoms with Gasteiger partial charge in [0.15, 0.2) is 5.65 Å². The Bertz CT molecular complexity index is 997. The standard InChI is InChI=1S/C22H26N4O/c1-15-9-8-10-18(13-15)20-16(2)24-26-17(3)19(14-23-21(20)26)22(27)25-11-6-4-5-7-12-25/h8-10,13-14H,4-7,11-12H2,1-3H3. The topological polar surface area (TPSA) is 50.5 Å². The van der Waals surface area contributed by atoms with Crippen LogP contribution in [-0.4, -0.2) is 38.5 Å². The zero-order valence-electron chi connectivity index (χ0n) is 16.3. The summed E-state index contributed by atoms with van der Waals surface area (Å²) in [5, 5.41) is 4.71. The summed E-state index contributed by atoms with van der Waals surface area (Å²) in [5.74, 6) is 0.0778. The fourth-order valence-electron chi connectivity index (χ4n) is 3.99. The first-order chi connectivity index (χ1) is 13.1. The van der Waals surface area contributed by atoms with Crippen LogP contribution in [-0.2, 0) is 0 Å². The van der Waals surface area contributed by atoms with Crippen molar-refractivity contribution in [2.45, 2.75) is 46.5 Å². The molecule has 5 nitrogen and oxygen atoms in total. The number of carbonyl (C=O) groups excluding carboxylic acids is 1. The first kappa shape index (κ1) is 17.7. The zero-order valence-corrected chi connectivity index (χ0v) is 16.3. The lowest BCUT2D eigenvalue weighted by atomic mass is 10.0. The number of aromatic nitrogens is 3. The molecule has 140 valence electrons. The normalized spacial score (nSPS) is 15.1. The van der Waals surface area contributed by atoms with Gasteiger partial charge >= 0.3 is 0 Å². The predicted octanol–water partition coefficient (Wildman–Crippen LogP) is 4.34. The number of carbonyl (C=O) groups is 1. The molecular formula is C22H26N4O. The molecular weight excluding hydrogens is 336 g/mol. The average molecular weight is 362 g/mol. The van der Waals surface area contributed by atoms with Crippen LogP contribution in [0.25, 0.3) is 16.8 Å². The second kappa shape index (κ2) is 7.14. The fourth-order valence-corrected chi connectivity index (χ4v) is 3.99. The molecule has 1 amide bonds. The molecule has 3 heterocycles. The van der Waals surface area contributed by atoms with Gasteiger partial charge in [0.25, 0.3) is 5.91 Å². The number of rotatable bonds is 2. The van der Waals surface area contributed by atoms with Crippen LogP contribution in [0, 0.1) is 20.8 Å². The highest BCUT2D eigenvalue weighted by Gasteiger charge is 2.23. The van der Waals surface area contributed by atoms with Crippen LogP contribution < -0.4 is 0 Å². The van der Waals surface area contributed by atoms with E-state index in [2.05, 4.69) is 36.2 Å². The van der Waals surface area contributed by atoms with Crippen molar-refractivity contribution in [1.29, 1.82) is 0 Å². The number of hydrogen-bond acceptors (Lipinski definition) is 3. The van der Waals surface area contributed by atoms with E-state index >= 15 is 0 Å².